The number of carbonyl (C=O) groups excluding carboxylic acids is 1. The lowest BCUT2D eigenvalue weighted by Gasteiger charge is -2.37. The Balaban J connectivity index is 2.27. The Morgan fingerprint density at radius 3 is 1.92 bits per heavy atom. The molecule has 9 heteroatoms. The van der Waals surface area contributed by atoms with Gasteiger partial charge in [0.2, 0.25) is 5.91 Å². The first-order valence-corrected chi connectivity index (χ1v) is 11.2. The fourth-order valence-electron chi connectivity index (χ4n) is 3.96. The van der Waals surface area contributed by atoms with Gasteiger partial charge in [-0.05, 0) is 40.8 Å². The highest BCUT2D eigenvalue weighted by Crippen LogP contribution is 2.38. The number of halogens is 6. The summed E-state index contributed by atoms with van der Waals surface area (Å²) in [5.74, 6) is -0.474. The Morgan fingerprint density at radius 2 is 1.39 bits per heavy atom. The van der Waals surface area contributed by atoms with E-state index in [0.29, 0.717) is 11.8 Å². The van der Waals surface area contributed by atoms with Gasteiger partial charge in [-0.2, -0.15) is 26.3 Å². The molecular formula is C27H26F6N2O. The van der Waals surface area contributed by atoms with Crippen LogP contribution in [-0.2, 0) is 29.1 Å². The standard InChI is InChI=1S/C27H26F6N2O/c1-24(2,3)16-23(36)35-25(15-18-8-5-4-6-9-18,19-10-7-11-20(14-19)26(28,29)30)22-13-12-21(17-34-22)27(31,32)33/h4-14,17H,15-16H2,1-3H3,(H,35,36). The maximum Gasteiger partial charge on any atom is 0.417 e. The first kappa shape index (κ1) is 27.2. The third kappa shape index (κ3) is 6.65. The van der Waals surface area contributed by atoms with Gasteiger partial charge in [0.25, 0.3) is 0 Å². The molecule has 1 heterocycles. The highest BCUT2D eigenvalue weighted by atomic mass is 19.4. The zero-order valence-corrected chi connectivity index (χ0v) is 20.0. The van der Waals surface area contributed by atoms with Crippen molar-refractivity contribution in [2.45, 2.75) is 51.5 Å². The van der Waals surface area contributed by atoms with Crippen molar-refractivity contribution in [3.63, 3.8) is 0 Å². The average molecular weight is 509 g/mol. The zero-order valence-electron chi connectivity index (χ0n) is 20.0. The van der Waals surface area contributed by atoms with Crippen LogP contribution in [0.3, 0.4) is 0 Å². The molecule has 1 atom stereocenters. The van der Waals surface area contributed by atoms with Crippen molar-refractivity contribution in [1.29, 1.82) is 0 Å². The third-order valence-electron chi connectivity index (χ3n) is 5.57. The molecule has 36 heavy (non-hydrogen) atoms. The van der Waals surface area contributed by atoms with Crippen LogP contribution in [0.5, 0.6) is 0 Å². The largest absolute Gasteiger partial charge is 0.417 e. The van der Waals surface area contributed by atoms with E-state index in [1.807, 2.05) is 20.8 Å². The topological polar surface area (TPSA) is 42.0 Å². The van der Waals surface area contributed by atoms with Gasteiger partial charge in [0, 0.05) is 19.0 Å². The Morgan fingerprint density at radius 1 is 0.778 bits per heavy atom. The van der Waals surface area contributed by atoms with Crippen LogP contribution in [0.25, 0.3) is 0 Å². The van der Waals surface area contributed by atoms with Crippen LogP contribution in [-0.4, -0.2) is 10.9 Å². The summed E-state index contributed by atoms with van der Waals surface area (Å²) in [5.41, 5.74) is -3.40. The van der Waals surface area contributed by atoms with E-state index in [1.54, 1.807) is 30.3 Å². The number of hydrogen-bond acceptors (Lipinski definition) is 2. The van der Waals surface area contributed by atoms with Gasteiger partial charge in [0.1, 0.15) is 5.54 Å². The van der Waals surface area contributed by atoms with Gasteiger partial charge in [0.15, 0.2) is 0 Å². The second kappa shape index (κ2) is 9.95. The Hall–Kier alpha value is -3.36. The highest BCUT2D eigenvalue weighted by molar-refractivity contribution is 5.78. The first-order valence-electron chi connectivity index (χ1n) is 11.2. The van der Waals surface area contributed by atoms with Gasteiger partial charge < -0.3 is 5.32 Å². The summed E-state index contributed by atoms with van der Waals surface area (Å²) in [6, 6.07) is 15.0. The third-order valence-corrected chi connectivity index (χ3v) is 5.57. The summed E-state index contributed by atoms with van der Waals surface area (Å²) in [7, 11) is 0. The molecule has 0 aliphatic carbocycles. The number of aromatic nitrogens is 1. The molecule has 2 aromatic carbocycles. The smallest absolute Gasteiger partial charge is 0.341 e. The van der Waals surface area contributed by atoms with E-state index >= 15 is 0 Å². The van der Waals surface area contributed by atoms with Gasteiger partial charge in [-0.25, -0.2) is 0 Å². The lowest BCUT2D eigenvalue weighted by molar-refractivity contribution is -0.138. The van der Waals surface area contributed by atoms with Crippen LogP contribution < -0.4 is 5.32 Å². The van der Waals surface area contributed by atoms with Crippen LogP contribution >= 0.6 is 0 Å². The summed E-state index contributed by atoms with van der Waals surface area (Å²) in [6.45, 7) is 5.48. The van der Waals surface area contributed by atoms with E-state index in [-0.39, 0.29) is 24.1 Å². The maximum atomic E-state index is 13.6. The van der Waals surface area contributed by atoms with E-state index < -0.39 is 40.3 Å². The molecule has 1 unspecified atom stereocenters. The summed E-state index contributed by atoms with van der Waals surface area (Å²) >= 11 is 0. The number of rotatable bonds is 6. The van der Waals surface area contributed by atoms with Gasteiger partial charge in [-0.3, -0.25) is 9.78 Å². The van der Waals surface area contributed by atoms with Crippen LogP contribution in [0, 0.1) is 5.41 Å². The Labute approximate surface area is 205 Å². The van der Waals surface area contributed by atoms with Crippen molar-refractivity contribution in [3.8, 4) is 0 Å². The molecule has 0 saturated carbocycles. The molecule has 0 spiro atoms. The molecule has 0 fully saturated rings. The number of carbonyl (C=O) groups is 1. The summed E-state index contributed by atoms with van der Waals surface area (Å²) in [5, 5.41) is 2.85. The molecule has 0 radical (unpaired) electrons. The molecule has 0 aliphatic heterocycles. The van der Waals surface area contributed by atoms with E-state index in [4.69, 9.17) is 0 Å². The van der Waals surface area contributed by atoms with E-state index in [2.05, 4.69) is 10.3 Å². The van der Waals surface area contributed by atoms with Crippen LogP contribution in [0.2, 0.25) is 0 Å². The second-order valence-corrected chi connectivity index (χ2v) is 9.86. The van der Waals surface area contributed by atoms with Gasteiger partial charge >= 0.3 is 12.4 Å². The quantitative estimate of drug-likeness (QED) is 0.359. The summed E-state index contributed by atoms with van der Waals surface area (Å²) in [4.78, 5) is 17.2. The molecule has 0 bridgehead atoms. The van der Waals surface area contributed by atoms with Crippen molar-refractivity contribution in [2.75, 3.05) is 0 Å². The molecule has 1 aromatic heterocycles. The van der Waals surface area contributed by atoms with E-state index in [1.165, 1.54) is 12.1 Å². The molecule has 1 amide bonds. The van der Waals surface area contributed by atoms with Crippen molar-refractivity contribution in [1.82, 2.24) is 10.3 Å². The van der Waals surface area contributed by atoms with Crippen LogP contribution in [0.4, 0.5) is 26.3 Å². The number of pyridine rings is 1. The Bertz CT molecular complexity index is 1180. The van der Waals surface area contributed by atoms with Crippen molar-refractivity contribution in [2.24, 2.45) is 5.41 Å². The molecular weight excluding hydrogens is 482 g/mol. The fraction of sp³-hybridized carbons (Fsp3) is 0.333. The number of nitrogens with zero attached hydrogens (tertiary/aromatic N) is 1. The number of hydrogen-bond donors (Lipinski definition) is 1. The number of benzene rings is 2. The number of amides is 1. The minimum atomic E-state index is -4.67. The fourth-order valence-corrected chi connectivity index (χ4v) is 3.96. The van der Waals surface area contributed by atoms with Crippen LogP contribution in [0.1, 0.15) is 55.1 Å². The minimum Gasteiger partial charge on any atom is -0.341 e. The SMILES string of the molecule is CC(C)(C)CC(=O)NC(Cc1ccccc1)(c1cccc(C(F)(F)F)c1)c1ccc(C(F)(F)F)cn1. The number of alkyl halides is 6. The highest BCUT2D eigenvalue weighted by Gasteiger charge is 2.41. The molecule has 3 nitrogen and oxygen atoms in total. The first-order chi connectivity index (χ1) is 16.6. The predicted molar refractivity (Wildman–Crippen MR) is 124 cm³/mol. The van der Waals surface area contributed by atoms with Gasteiger partial charge in [0.05, 0.1) is 16.8 Å². The second-order valence-electron chi connectivity index (χ2n) is 9.86. The molecule has 192 valence electrons. The lowest BCUT2D eigenvalue weighted by Crippen LogP contribution is -2.50. The molecule has 0 aliphatic rings. The zero-order chi connectivity index (χ0) is 26.8. The normalized spacial score (nSPS) is 14.2. The van der Waals surface area contributed by atoms with Gasteiger partial charge in [-0.1, -0.05) is 63.2 Å². The summed E-state index contributed by atoms with van der Waals surface area (Å²) < 4.78 is 80.6. The van der Waals surface area contributed by atoms with E-state index in [0.717, 1.165) is 24.3 Å². The van der Waals surface area contributed by atoms with Crippen molar-refractivity contribution in [3.05, 3.63) is 101 Å². The molecule has 3 aromatic rings. The van der Waals surface area contributed by atoms with Crippen LogP contribution in [0.15, 0.2) is 72.9 Å². The molecule has 0 saturated heterocycles. The van der Waals surface area contributed by atoms with Crippen molar-refractivity contribution < 1.29 is 31.1 Å². The van der Waals surface area contributed by atoms with E-state index in [9.17, 15) is 31.1 Å². The predicted octanol–water partition coefficient (Wildman–Crippen LogP) is 7.16. The maximum absolute atomic E-state index is 13.6. The molecule has 3 rings (SSSR count). The lowest BCUT2D eigenvalue weighted by atomic mass is 9.79. The number of nitrogens with one attached hydrogen (secondary N) is 1. The van der Waals surface area contributed by atoms with Gasteiger partial charge in [-0.15, -0.1) is 0 Å². The summed E-state index contributed by atoms with van der Waals surface area (Å²) in [6.07, 6.45) is -8.71. The monoisotopic (exact) mass is 508 g/mol. The minimum absolute atomic E-state index is 0.0130. The van der Waals surface area contributed by atoms with Crippen molar-refractivity contribution >= 4 is 5.91 Å². The molecule has 1 N–H and O–H groups in total. The Kier molecular flexibility index (Phi) is 7.53. The average Bonchev–Trinajstić information content (AvgIpc) is 2.77.